The van der Waals surface area contributed by atoms with Gasteiger partial charge in [-0.05, 0) is 36.4 Å². The van der Waals surface area contributed by atoms with Gasteiger partial charge in [0.1, 0.15) is 0 Å². The number of halogens is 1. The van der Waals surface area contributed by atoms with E-state index in [0.29, 0.717) is 28.3 Å². The molecule has 0 saturated carbocycles. The number of nitrogens with zero attached hydrogens (tertiary/aromatic N) is 5. The SMILES string of the molecule is Cn1c(SCc2nc(-c3ccco3)no2)nnc1-c1ccc(Cl)cc1. The van der Waals surface area contributed by atoms with Crippen molar-refractivity contribution in [1.82, 2.24) is 24.9 Å². The summed E-state index contributed by atoms with van der Waals surface area (Å²) in [5, 5.41) is 13.8. The Morgan fingerprint density at radius 2 is 2.00 bits per heavy atom. The lowest BCUT2D eigenvalue weighted by Crippen LogP contribution is -1.95. The van der Waals surface area contributed by atoms with Crippen molar-refractivity contribution >= 4 is 23.4 Å². The highest BCUT2D eigenvalue weighted by Gasteiger charge is 2.15. The number of aromatic nitrogens is 5. The third-order valence-corrected chi connectivity index (χ3v) is 4.73. The number of thioether (sulfide) groups is 1. The van der Waals surface area contributed by atoms with Crippen molar-refractivity contribution < 1.29 is 8.94 Å². The second-order valence-corrected chi connectivity index (χ2v) is 6.53. The second kappa shape index (κ2) is 6.73. The average Bonchev–Trinajstić information content (AvgIpc) is 3.35. The van der Waals surface area contributed by atoms with Gasteiger partial charge in [-0.25, -0.2) is 0 Å². The molecule has 0 saturated heterocycles. The molecule has 1 aromatic carbocycles. The van der Waals surface area contributed by atoms with Crippen LogP contribution < -0.4 is 0 Å². The fraction of sp³-hybridized carbons (Fsp3) is 0.125. The molecule has 0 unspecified atom stereocenters. The molecule has 3 aromatic heterocycles. The Labute approximate surface area is 152 Å². The summed E-state index contributed by atoms with van der Waals surface area (Å²) in [4.78, 5) is 4.31. The van der Waals surface area contributed by atoms with Crippen LogP contribution in [0.4, 0.5) is 0 Å². The number of benzene rings is 1. The number of hydrogen-bond acceptors (Lipinski definition) is 7. The highest BCUT2D eigenvalue weighted by molar-refractivity contribution is 7.98. The zero-order chi connectivity index (χ0) is 17.2. The molecule has 0 spiro atoms. The summed E-state index contributed by atoms with van der Waals surface area (Å²) < 4.78 is 12.4. The van der Waals surface area contributed by atoms with E-state index in [0.717, 1.165) is 16.5 Å². The minimum atomic E-state index is 0.431. The smallest absolute Gasteiger partial charge is 0.238 e. The molecule has 0 aliphatic carbocycles. The Balaban J connectivity index is 1.48. The maximum Gasteiger partial charge on any atom is 0.238 e. The summed E-state index contributed by atoms with van der Waals surface area (Å²) in [5.74, 6) is 2.75. The molecule has 9 heteroatoms. The van der Waals surface area contributed by atoms with E-state index in [1.165, 1.54) is 11.8 Å². The minimum Gasteiger partial charge on any atom is -0.461 e. The van der Waals surface area contributed by atoms with Crippen LogP contribution in [0.25, 0.3) is 23.0 Å². The van der Waals surface area contributed by atoms with Gasteiger partial charge in [-0.3, -0.25) is 0 Å². The number of rotatable bonds is 5. The van der Waals surface area contributed by atoms with Crippen LogP contribution in [-0.4, -0.2) is 24.9 Å². The molecule has 0 aliphatic rings. The Hall–Kier alpha value is -2.58. The first-order valence-electron chi connectivity index (χ1n) is 7.35. The van der Waals surface area contributed by atoms with Crippen LogP contribution in [0.2, 0.25) is 5.02 Å². The van der Waals surface area contributed by atoms with Gasteiger partial charge in [-0.2, -0.15) is 4.98 Å². The lowest BCUT2D eigenvalue weighted by Gasteiger charge is -2.03. The number of furan rings is 1. The zero-order valence-electron chi connectivity index (χ0n) is 13.1. The van der Waals surface area contributed by atoms with Gasteiger partial charge >= 0.3 is 0 Å². The fourth-order valence-electron chi connectivity index (χ4n) is 2.24. The quantitative estimate of drug-likeness (QED) is 0.487. The van der Waals surface area contributed by atoms with E-state index in [4.69, 9.17) is 20.5 Å². The van der Waals surface area contributed by atoms with Crippen molar-refractivity contribution in [1.29, 1.82) is 0 Å². The molecule has 25 heavy (non-hydrogen) atoms. The summed E-state index contributed by atoms with van der Waals surface area (Å²) in [5.41, 5.74) is 0.948. The first-order valence-corrected chi connectivity index (χ1v) is 8.71. The van der Waals surface area contributed by atoms with Crippen molar-refractivity contribution in [3.8, 4) is 23.0 Å². The van der Waals surface area contributed by atoms with Gasteiger partial charge in [0.25, 0.3) is 0 Å². The van der Waals surface area contributed by atoms with Gasteiger partial charge in [0.2, 0.25) is 11.7 Å². The first kappa shape index (κ1) is 15.9. The van der Waals surface area contributed by atoms with Crippen LogP contribution in [0.15, 0.2) is 56.8 Å². The predicted molar refractivity (Wildman–Crippen MR) is 93.0 cm³/mol. The van der Waals surface area contributed by atoms with Crippen molar-refractivity contribution in [2.45, 2.75) is 10.9 Å². The molecule has 0 atom stereocenters. The largest absolute Gasteiger partial charge is 0.461 e. The summed E-state index contributed by atoms with van der Waals surface area (Å²) in [6, 6.07) is 11.0. The molecule has 4 aromatic rings. The van der Waals surface area contributed by atoms with Crippen LogP contribution in [0.5, 0.6) is 0 Å². The standard InChI is InChI=1S/C16H12ClN5O2S/c1-22-15(10-4-6-11(17)7-5-10)19-20-16(22)25-9-13-18-14(21-24-13)12-3-2-8-23-12/h2-8H,9H2,1H3. The van der Waals surface area contributed by atoms with Crippen molar-refractivity contribution in [2.24, 2.45) is 7.05 Å². The molecule has 0 N–H and O–H groups in total. The van der Waals surface area contributed by atoms with E-state index in [9.17, 15) is 0 Å². The van der Waals surface area contributed by atoms with Gasteiger partial charge in [-0.1, -0.05) is 28.5 Å². The Morgan fingerprint density at radius 3 is 2.76 bits per heavy atom. The van der Waals surface area contributed by atoms with Crippen molar-refractivity contribution in [3.63, 3.8) is 0 Å². The highest BCUT2D eigenvalue weighted by Crippen LogP contribution is 2.26. The molecular weight excluding hydrogens is 362 g/mol. The normalized spacial score (nSPS) is 11.1. The molecule has 126 valence electrons. The first-order chi connectivity index (χ1) is 12.2. The Morgan fingerprint density at radius 1 is 1.16 bits per heavy atom. The van der Waals surface area contributed by atoms with Crippen LogP contribution in [0.3, 0.4) is 0 Å². The molecule has 4 rings (SSSR count). The molecule has 0 radical (unpaired) electrons. The zero-order valence-corrected chi connectivity index (χ0v) is 14.7. The highest BCUT2D eigenvalue weighted by atomic mass is 35.5. The molecule has 0 bridgehead atoms. The van der Waals surface area contributed by atoms with Crippen LogP contribution in [0.1, 0.15) is 5.89 Å². The lowest BCUT2D eigenvalue weighted by atomic mass is 10.2. The molecule has 7 nitrogen and oxygen atoms in total. The molecule has 3 heterocycles. The molecular formula is C16H12ClN5O2S. The minimum absolute atomic E-state index is 0.431. The average molecular weight is 374 g/mol. The molecule has 0 aliphatic heterocycles. The molecule has 0 amide bonds. The van der Waals surface area contributed by atoms with E-state index < -0.39 is 0 Å². The maximum absolute atomic E-state index is 5.92. The summed E-state index contributed by atoms with van der Waals surface area (Å²) in [6.07, 6.45) is 1.57. The van der Waals surface area contributed by atoms with Crippen molar-refractivity contribution in [2.75, 3.05) is 0 Å². The van der Waals surface area contributed by atoms with Gasteiger partial charge in [0.05, 0.1) is 12.0 Å². The topological polar surface area (TPSA) is 82.8 Å². The van der Waals surface area contributed by atoms with Crippen LogP contribution >= 0.6 is 23.4 Å². The Kier molecular flexibility index (Phi) is 4.29. The maximum atomic E-state index is 5.92. The lowest BCUT2D eigenvalue weighted by molar-refractivity contribution is 0.390. The van der Waals surface area contributed by atoms with Gasteiger partial charge in [0, 0.05) is 17.6 Å². The summed E-state index contributed by atoms with van der Waals surface area (Å²) in [7, 11) is 1.91. The fourth-order valence-corrected chi connectivity index (χ4v) is 3.11. The van der Waals surface area contributed by atoms with Crippen molar-refractivity contribution in [3.05, 3.63) is 53.6 Å². The monoisotopic (exact) mass is 373 g/mol. The second-order valence-electron chi connectivity index (χ2n) is 5.15. The van der Waals surface area contributed by atoms with E-state index in [1.54, 1.807) is 18.4 Å². The van der Waals surface area contributed by atoms with Gasteiger partial charge < -0.3 is 13.5 Å². The summed E-state index contributed by atoms with van der Waals surface area (Å²) in [6.45, 7) is 0. The molecule has 0 fully saturated rings. The number of hydrogen-bond donors (Lipinski definition) is 0. The summed E-state index contributed by atoms with van der Waals surface area (Å²) >= 11 is 7.39. The van der Waals surface area contributed by atoms with Crippen LogP contribution in [0, 0.1) is 0 Å². The predicted octanol–water partition coefficient (Wildman–Crippen LogP) is 4.07. The van der Waals surface area contributed by atoms with Crippen LogP contribution in [-0.2, 0) is 12.8 Å². The van der Waals surface area contributed by atoms with Gasteiger partial charge in [0.15, 0.2) is 16.7 Å². The Bertz CT molecular complexity index is 979. The van der Waals surface area contributed by atoms with E-state index in [1.807, 2.05) is 35.9 Å². The third-order valence-electron chi connectivity index (χ3n) is 3.47. The van der Waals surface area contributed by atoms with E-state index in [2.05, 4.69) is 20.3 Å². The van der Waals surface area contributed by atoms with Gasteiger partial charge in [-0.15, -0.1) is 10.2 Å². The third kappa shape index (κ3) is 3.31. The van der Waals surface area contributed by atoms with E-state index in [-0.39, 0.29) is 0 Å². The van der Waals surface area contributed by atoms with E-state index >= 15 is 0 Å².